The fraction of sp³-hybridized carbons (Fsp3) is 0.521. The van der Waals surface area contributed by atoms with Crippen LogP contribution in [0.1, 0.15) is 322 Å². The molecule has 11 nitrogen and oxygen atoms in total. The molecule has 7 rings (SSSR count). The first-order valence-corrected chi connectivity index (χ1v) is 63.0. The molecule has 0 radical (unpaired) electrons. The molecule has 0 aromatic heterocycles. The molecule has 3 fully saturated rings. The molecule has 3 heterocycles. The van der Waals surface area contributed by atoms with Crippen LogP contribution in [0.5, 0.6) is 0 Å². The quantitative estimate of drug-likeness (QED) is 0.00488. The Morgan fingerprint density at radius 3 is 1.06 bits per heavy atom. The standard InChI is InChI=1S/C29H33P.C16H22O3S.C16H28O2.C11H19Br.C11H20O.C9H17N.C9H16O.C9H16S.C7H13O2.C4H8O.Br3P.BrH.Li/c1-25(2)15-13-16-26(3)17-14-24-30(27-18-7-4-8-19-27,28-20-9-5-10-21-28)29-22-11-6-12-23-29;1-13(2)6-5-7-15(4)12-19-20(17,18)16-10-8-14(3)9-11-16;1-14(2)8-6-9-15(3)10-7-13-18-16-11-4-5-12-17-16;2*1-10(2)6-4-7-11(3)8-5-9-12;3*1-8(2)5-4-6-9(3)7-10;1-2-8-7-5-3-4-6-9-7;1-2-4-5-3-1;1-4(2)3;;/h4-12,16,18-24H,1,13-15,17H2,2-3H3;7-11H,1,5-6,12H2,2-4H3;9,16H,1,4-8,10-13H2,2-3H3;7H,1,4-6,8-9H2,2-3H3;7,12H,1,4-6,8-9H2,2-3H3;6H,1,4-5,7,10H2,2-3H3;2*6,10H,1,4-5,7H2,2-3H3;7H,1-6H2;1-4H2;;1H;/q;;;;;;;;-1;;;;+1/p-1/b26-16+;15-7+;15-9+;2*11-7+;3*9-6+;;;;;. The average molecular weight is 2350 g/mol. The van der Waals surface area contributed by atoms with Gasteiger partial charge in [-0.2, -0.15) is 21.0 Å². The second-order valence-corrected chi connectivity index (χ2v) is 58.4. The van der Waals surface area contributed by atoms with Crippen molar-refractivity contribution in [2.24, 2.45) is 5.73 Å². The van der Waals surface area contributed by atoms with Crippen molar-refractivity contribution >= 4 is 118 Å². The van der Waals surface area contributed by atoms with Crippen LogP contribution in [-0.4, -0.2) is 114 Å². The van der Waals surface area contributed by atoms with Gasteiger partial charge in [0.1, 0.15) is 4.03 Å². The van der Waals surface area contributed by atoms with Crippen LogP contribution in [-0.2, 0) is 38.0 Å². The van der Waals surface area contributed by atoms with E-state index in [1.807, 2.05) is 47.6 Å². The number of rotatable bonds is 50. The Morgan fingerprint density at radius 1 is 0.444 bits per heavy atom. The summed E-state index contributed by atoms with van der Waals surface area (Å²) in [5.74, 6) is 3.50. The summed E-state index contributed by atoms with van der Waals surface area (Å²) in [4.78, 5) is 0.192. The minimum atomic E-state index is -3.67. The van der Waals surface area contributed by atoms with Gasteiger partial charge >= 0.3 is 18.9 Å². The van der Waals surface area contributed by atoms with E-state index in [9.17, 15) is 8.42 Å². The first-order chi connectivity index (χ1) is 66.6. The molecule has 0 bridgehead atoms. The number of ether oxygens (including phenoxy) is 5. The van der Waals surface area contributed by atoms with Gasteiger partial charge in [-0.25, -0.2) is 0 Å². The van der Waals surface area contributed by atoms with Gasteiger partial charge < -0.3 is 63.5 Å². The summed E-state index contributed by atoms with van der Waals surface area (Å²) in [7, 11) is -3.67. The van der Waals surface area contributed by atoms with Crippen molar-refractivity contribution in [1.82, 2.24) is 0 Å². The fourth-order valence-corrected chi connectivity index (χ4v) is 18.3. The van der Waals surface area contributed by atoms with Gasteiger partial charge in [-0.05, 0) is 405 Å². The second kappa shape index (κ2) is 102. The van der Waals surface area contributed by atoms with Gasteiger partial charge in [0.15, 0.2) is 12.6 Å². The zero-order chi connectivity index (χ0) is 106. The van der Waals surface area contributed by atoms with Gasteiger partial charge in [0.05, 0.1) is 24.7 Å². The molecule has 3 aliphatic rings. The summed E-state index contributed by atoms with van der Waals surface area (Å²) >= 11 is 17.1. The van der Waals surface area contributed by atoms with Crippen molar-refractivity contribution in [2.75, 3.05) is 77.1 Å². The number of halogens is 5. The Kier molecular flexibility index (Phi) is 107. The summed E-state index contributed by atoms with van der Waals surface area (Å²) in [5, 5.41) is 22.6. The SMILES string of the molecule is BrP(Br)Br.C1CCOC1.C=C(C)CC/C=C(\C)CCC=P(c1ccccc1)(c1ccccc1)c1ccccc1.C=C(C)CC/C=C(\C)CCCBr.C=C(C)CC/C=C(\C)CCCO.C=C(C)CC/C=C(\C)CCCOC1CCCCO1.C=C(C)CC/C=C(\C)CN.C=C(C)CC/C=C(\C)CO.C=C(C)CC/C=C(\C)COS(=O)(=O)c1ccc(C)cc1.C=C(C)CC/C=C(\C)CS.[Br-].[CH2-]COC1CCCCO1.[Li+]. The summed E-state index contributed by atoms with van der Waals surface area (Å²) in [6, 6.07) is 39.8. The first kappa shape index (κ1) is 149. The third kappa shape index (κ3) is 97.2. The predicted octanol–water partition coefficient (Wildman–Crippen LogP) is 30.3. The van der Waals surface area contributed by atoms with Crippen LogP contribution in [0.25, 0.3) is 0 Å². The van der Waals surface area contributed by atoms with E-state index in [1.165, 1.54) is 140 Å². The number of benzene rings is 4. The van der Waals surface area contributed by atoms with E-state index in [-0.39, 0.29) is 70.6 Å². The third-order valence-corrected chi connectivity index (χ3v) is 27.9. The van der Waals surface area contributed by atoms with E-state index in [1.54, 1.807) is 24.3 Å². The largest absolute Gasteiger partial charge is 1.00 e. The van der Waals surface area contributed by atoms with Gasteiger partial charge in [-0.1, -0.05) is 275 Å². The monoisotopic (exact) mass is 2350 g/mol. The minimum Gasteiger partial charge on any atom is -1.00 e. The van der Waals surface area contributed by atoms with E-state index in [4.69, 9.17) is 43.8 Å². The number of thiol groups is 1. The molecule has 4 aromatic rings. The van der Waals surface area contributed by atoms with Crippen LogP contribution >= 0.6 is 85.9 Å². The first-order valence-electron chi connectivity index (χ1n) is 50.6. The topological polar surface area (TPSA) is 156 Å². The van der Waals surface area contributed by atoms with Crippen molar-refractivity contribution in [3.63, 3.8) is 0 Å². The molecule has 4 aromatic carbocycles. The number of hydrogen-bond acceptors (Lipinski definition) is 12. The normalized spacial score (nSPS) is 14.3. The van der Waals surface area contributed by atoms with E-state index < -0.39 is 17.0 Å². The average Bonchev–Trinajstić information content (AvgIpc) is 0.973. The summed E-state index contributed by atoms with van der Waals surface area (Å²) in [6.07, 6.45) is 53.1. The van der Waals surface area contributed by atoms with E-state index in [0.717, 1.165) is 220 Å². The summed E-state index contributed by atoms with van der Waals surface area (Å²) in [6.45, 7) is 74.0. The number of aryl methyl sites for hydroxylation is 1. The van der Waals surface area contributed by atoms with E-state index in [0.29, 0.717) is 19.8 Å². The number of aliphatic hydroxyl groups is 2. The second-order valence-electron chi connectivity index (χ2n) is 36.9. The Labute approximate surface area is 933 Å². The van der Waals surface area contributed by atoms with Crippen molar-refractivity contribution < 1.29 is 82.3 Å². The number of hydrogen-bond donors (Lipinski definition) is 4. The molecule has 2 unspecified atom stereocenters. The smallest absolute Gasteiger partial charge is 1.00 e. The molecular formula is C121H192Br5LiNO10P2S2-. The van der Waals surface area contributed by atoms with Crippen LogP contribution < -0.4 is 57.5 Å². The fourth-order valence-electron chi connectivity index (χ4n) is 13.0. The van der Waals surface area contributed by atoms with E-state index in [2.05, 4.69) is 350 Å². The van der Waals surface area contributed by atoms with Crippen molar-refractivity contribution in [3.05, 3.63) is 318 Å². The van der Waals surface area contributed by atoms with Crippen LogP contribution in [0.3, 0.4) is 0 Å². The van der Waals surface area contributed by atoms with Crippen molar-refractivity contribution in [2.45, 2.75) is 341 Å². The number of allylic oxidation sites excluding steroid dienone is 20. The minimum absolute atomic E-state index is 0. The Hall–Kier alpha value is -3.61. The Balaban J connectivity index is -0.000000372. The molecule has 2 atom stereocenters. The van der Waals surface area contributed by atoms with Gasteiger partial charge in [-0.15, -0.1) is 52.6 Å². The van der Waals surface area contributed by atoms with Crippen LogP contribution in [0.4, 0.5) is 0 Å². The van der Waals surface area contributed by atoms with Gasteiger partial charge in [0, 0.05) is 50.7 Å². The predicted molar refractivity (Wildman–Crippen MR) is 644 cm³/mol. The number of nitrogens with two attached hydrogens (primary N) is 1. The Morgan fingerprint density at radius 2 is 0.761 bits per heavy atom. The molecule has 142 heavy (non-hydrogen) atoms. The van der Waals surface area contributed by atoms with Crippen LogP contribution in [0.2, 0.25) is 0 Å². The van der Waals surface area contributed by atoms with Gasteiger partial charge in [0.25, 0.3) is 10.1 Å². The molecule has 3 aliphatic heterocycles. The van der Waals surface area contributed by atoms with Crippen molar-refractivity contribution in [3.8, 4) is 0 Å². The summed E-state index contributed by atoms with van der Waals surface area (Å²) in [5.41, 5.74) is 26.6. The van der Waals surface area contributed by atoms with Gasteiger partial charge in [0.2, 0.25) is 0 Å². The number of alkyl halides is 1. The maximum atomic E-state index is 12.0. The van der Waals surface area contributed by atoms with Crippen LogP contribution in [0, 0.1) is 13.8 Å². The zero-order valence-corrected chi connectivity index (χ0v) is 103. The van der Waals surface area contributed by atoms with Crippen molar-refractivity contribution in [1.29, 1.82) is 0 Å². The maximum Gasteiger partial charge on any atom is 1.00 e. The molecule has 0 saturated carbocycles. The molecule has 21 heteroatoms. The molecule has 0 aliphatic carbocycles. The van der Waals surface area contributed by atoms with Crippen LogP contribution in [0.15, 0.2) is 311 Å². The molecule has 3 saturated heterocycles. The number of aliphatic hydroxyl groups excluding tert-OH is 2. The zero-order valence-electron chi connectivity index (χ0n) is 91.7. The summed E-state index contributed by atoms with van der Waals surface area (Å²) < 4.78 is 55.4. The Bertz CT molecular complexity index is 4120. The molecule has 0 amide bonds. The molecule has 0 spiro atoms. The molecular weight excluding hydrogens is 2160 g/mol. The molecule has 4 N–H and O–H groups in total. The van der Waals surface area contributed by atoms with Gasteiger partial charge in [-0.3, -0.25) is 4.18 Å². The molecule has 800 valence electrons. The maximum absolute atomic E-state index is 12.0. The third-order valence-electron chi connectivity index (χ3n) is 21.4. The van der Waals surface area contributed by atoms with E-state index >= 15 is 0 Å².